The molecule has 1 aliphatic heterocycles. The molecule has 0 aliphatic carbocycles. The lowest BCUT2D eigenvalue weighted by molar-refractivity contribution is 0.0561. The zero-order chi connectivity index (χ0) is 12.5. The van der Waals surface area contributed by atoms with Crippen molar-refractivity contribution in [1.29, 1.82) is 0 Å². The summed E-state index contributed by atoms with van der Waals surface area (Å²) in [6, 6.07) is 8.77. The summed E-state index contributed by atoms with van der Waals surface area (Å²) in [5.41, 5.74) is 0.732. The maximum atomic E-state index is 6.10. The Hall–Kier alpha value is -1.65. The molecule has 2 heterocycles. The Morgan fingerprint density at radius 3 is 2.83 bits per heavy atom. The van der Waals surface area contributed by atoms with Gasteiger partial charge in [0.15, 0.2) is 11.6 Å². The first-order valence-electron chi connectivity index (χ1n) is 5.23. The Balaban J connectivity index is 1.83. The van der Waals surface area contributed by atoms with E-state index in [1.54, 1.807) is 36.6 Å². The fourth-order valence-electron chi connectivity index (χ4n) is 1.65. The number of nitrogens with one attached hydrogen (secondary N) is 1. The molecule has 2 aromatic rings. The first-order valence-corrected chi connectivity index (χ1v) is 5.99. The van der Waals surface area contributed by atoms with E-state index in [0.717, 1.165) is 5.56 Å². The zero-order valence-electron chi connectivity index (χ0n) is 9.06. The molecule has 4 nitrogen and oxygen atoms in total. The van der Waals surface area contributed by atoms with Crippen LogP contribution in [0.15, 0.2) is 46.2 Å². The molecule has 1 unspecified atom stereocenters. The maximum absolute atomic E-state index is 6.10. The molecule has 1 aliphatic rings. The van der Waals surface area contributed by atoms with E-state index in [1.807, 2.05) is 0 Å². The van der Waals surface area contributed by atoms with Crippen LogP contribution >= 0.6 is 23.2 Å². The van der Waals surface area contributed by atoms with Gasteiger partial charge in [-0.05, 0) is 30.3 Å². The zero-order valence-corrected chi connectivity index (χ0v) is 10.6. The van der Waals surface area contributed by atoms with Gasteiger partial charge in [-0.25, -0.2) is 0 Å². The fraction of sp³-hybridized carbons (Fsp3) is 0.0833. The Morgan fingerprint density at radius 2 is 2.11 bits per heavy atom. The van der Waals surface area contributed by atoms with Crippen molar-refractivity contribution in [3.63, 3.8) is 0 Å². The number of hydrogen-bond donors (Lipinski definition) is 1. The second-order valence-electron chi connectivity index (χ2n) is 3.71. The van der Waals surface area contributed by atoms with Crippen LogP contribution in [-0.4, -0.2) is 5.84 Å². The van der Waals surface area contributed by atoms with Gasteiger partial charge in [0.05, 0.1) is 11.3 Å². The number of halogens is 2. The second kappa shape index (κ2) is 4.55. The SMILES string of the molecule is Clc1ccc(C2=NOC(c3ccco3)N2)c(Cl)c1. The quantitative estimate of drug-likeness (QED) is 0.916. The van der Waals surface area contributed by atoms with E-state index in [1.165, 1.54) is 0 Å². The third kappa shape index (κ3) is 2.05. The van der Waals surface area contributed by atoms with Crippen molar-refractivity contribution in [1.82, 2.24) is 5.32 Å². The Labute approximate surface area is 113 Å². The van der Waals surface area contributed by atoms with E-state index >= 15 is 0 Å². The number of benzene rings is 1. The van der Waals surface area contributed by atoms with E-state index in [2.05, 4.69) is 10.5 Å². The van der Waals surface area contributed by atoms with Gasteiger partial charge in [0, 0.05) is 10.6 Å². The van der Waals surface area contributed by atoms with Gasteiger partial charge in [-0.1, -0.05) is 28.4 Å². The van der Waals surface area contributed by atoms with Crippen LogP contribution in [0.3, 0.4) is 0 Å². The van der Waals surface area contributed by atoms with Crippen LogP contribution in [0, 0.1) is 0 Å². The molecule has 1 aromatic carbocycles. The standard InChI is InChI=1S/C12H8Cl2N2O2/c13-7-3-4-8(9(14)6-7)11-15-12(18-16-11)10-2-1-5-17-10/h1-6,12H,(H,15,16). The van der Waals surface area contributed by atoms with Gasteiger partial charge in [-0.2, -0.15) is 0 Å². The third-order valence-corrected chi connectivity index (χ3v) is 3.05. The normalized spacial score (nSPS) is 18.1. The molecule has 1 N–H and O–H groups in total. The number of rotatable bonds is 2. The second-order valence-corrected chi connectivity index (χ2v) is 4.55. The highest BCUT2D eigenvalue weighted by Gasteiger charge is 2.25. The molecule has 0 saturated carbocycles. The third-order valence-electron chi connectivity index (χ3n) is 2.51. The van der Waals surface area contributed by atoms with Crippen LogP contribution in [-0.2, 0) is 4.84 Å². The van der Waals surface area contributed by atoms with E-state index in [-0.39, 0.29) is 0 Å². The summed E-state index contributed by atoms with van der Waals surface area (Å²) >= 11 is 11.9. The molecule has 0 bridgehead atoms. The minimum absolute atomic E-state index is 0.429. The van der Waals surface area contributed by atoms with Crippen molar-refractivity contribution in [2.45, 2.75) is 6.23 Å². The lowest BCUT2D eigenvalue weighted by Crippen LogP contribution is -2.23. The van der Waals surface area contributed by atoms with Gasteiger partial charge in [0.25, 0.3) is 6.23 Å². The molecule has 0 amide bonds. The van der Waals surface area contributed by atoms with E-state index in [4.69, 9.17) is 32.5 Å². The maximum Gasteiger partial charge on any atom is 0.257 e. The number of amidine groups is 1. The minimum atomic E-state index is -0.429. The highest BCUT2D eigenvalue weighted by Crippen LogP contribution is 2.26. The van der Waals surface area contributed by atoms with E-state index in [9.17, 15) is 0 Å². The number of oxime groups is 1. The smallest absolute Gasteiger partial charge is 0.257 e. The summed E-state index contributed by atoms with van der Waals surface area (Å²) in [4.78, 5) is 5.24. The summed E-state index contributed by atoms with van der Waals surface area (Å²) in [6.07, 6.45) is 1.15. The molecule has 18 heavy (non-hydrogen) atoms. The Morgan fingerprint density at radius 1 is 1.22 bits per heavy atom. The summed E-state index contributed by atoms with van der Waals surface area (Å²) < 4.78 is 5.24. The summed E-state index contributed by atoms with van der Waals surface area (Å²) in [6.45, 7) is 0. The van der Waals surface area contributed by atoms with Crippen LogP contribution in [0.5, 0.6) is 0 Å². The van der Waals surface area contributed by atoms with Gasteiger partial charge in [0.1, 0.15) is 0 Å². The lowest BCUT2D eigenvalue weighted by atomic mass is 10.2. The van der Waals surface area contributed by atoms with Crippen LogP contribution in [0.4, 0.5) is 0 Å². The Kier molecular flexibility index (Phi) is 2.89. The minimum Gasteiger partial charge on any atom is -0.463 e. The molecule has 1 atom stereocenters. The highest BCUT2D eigenvalue weighted by atomic mass is 35.5. The van der Waals surface area contributed by atoms with Crippen LogP contribution in [0.1, 0.15) is 17.6 Å². The van der Waals surface area contributed by atoms with Gasteiger partial charge >= 0.3 is 0 Å². The molecule has 6 heteroatoms. The number of furan rings is 1. The van der Waals surface area contributed by atoms with Crippen molar-refractivity contribution >= 4 is 29.0 Å². The van der Waals surface area contributed by atoms with Crippen molar-refractivity contribution in [2.75, 3.05) is 0 Å². The summed E-state index contributed by atoms with van der Waals surface area (Å²) in [5.74, 6) is 1.21. The van der Waals surface area contributed by atoms with Crippen molar-refractivity contribution in [3.8, 4) is 0 Å². The first kappa shape index (κ1) is 11.4. The van der Waals surface area contributed by atoms with E-state index < -0.39 is 6.23 Å². The molecular formula is C12H8Cl2N2O2. The van der Waals surface area contributed by atoms with Gasteiger partial charge < -0.3 is 14.6 Å². The predicted molar refractivity (Wildman–Crippen MR) is 68.7 cm³/mol. The molecule has 0 spiro atoms. The first-order chi connectivity index (χ1) is 8.74. The van der Waals surface area contributed by atoms with Gasteiger partial charge in [0.2, 0.25) is 0 Å². The molecule has 1 aromatic heterocycles. The molecular weight excluding hydrogens is 275 g/mol. The van der Waals surface area contributed by atoms with E-state index in [0.29, 0.717) is 21.6 Å². The van der Waals surface area contributed by atoms with Crippen LogP contribution < -0.4 is 5.32 Å². The number of nitrogens with zero attached hydrogens (tertiary/aromatic N) is 1. The van der Waals surface area contributed by atoms with Gasteiger partial charge in [-0.3, -0.25) is 0 Å². The largest absolute Gasteiger partial charge is 0.463 e. The summed E-state index contributed by atoms with van der Waals surface area (Å²) in [5, 5.41) is 8.11. The topological polar surface area (TPSA) is 46.8 Å². The monoisotopic (exact) mass is 282 g/mol. The molecule has 0 radical (unpaired) electrons. The predicted octanol–water partition coefficient (Wildman–Crippen LogP) is 3.57. The average Bonchev–Trinajstić information content (AvgIpc) is 2.99. The van der Waals surface area contributed by atoms with Gasteiger partial charge in [-0.15, -0.1) is 0 Å². The molecule has 92 valence electrons. The molecule has 3 rings (SSSR count). The lowest BCUT2D eigenvalue weighted by Gasteiger charge is -2.07. The molecule has 0 saturated heterocycles. The average molecular weight is 283 g/mol. The fourth-order valence-corrected chi connectivity index (χ4v) is 2.15. The van der Waals surface area contributed by atoms with Crippen molar-refractivity contribution in [3.05, 3.63) is 58.0 Å². The number of hydrogen-bond acceptors (Lipinski definition) is 4. The summed E-state index contributed by atoms with van der Waals surface area (Å²) in [7, 11) is 0. The molecule has 0 fully saturated rings. The van der Waals surface area contributed by atoms with Crippen molar-refractivity contribution in [2.24, 2.45) is 5.16 Å². The van der Waals surface area contributed by atoms with Crippen LogP contribution in [0.25, 0.3) is 0 Å². The van der Waals surface area contributed by atoms with Crippen LogP contribution in [0.2, 0.25) is 10.0 Å². The van der Waals surface area contributed by atoms with Crippen molar-refractivity contribution < 1.29 is 9.25 Å². The Bertz CT molecular complexity index is 596. The highest BCUT2D eigenvalue weighted by molar-refractivity contribution is 6.37.